The van der Waals surface area contributed by atoms with Crippen molar-refractivity contribution in [3.63, 3.8) is 0 Å². The summed E-state index contributed by atoms with van der Waals surface area (Å²) in [5.74, 6) is 2.21. The Morgan fingerprint density at radius 3 is 2.61 bits per heavy atom. The Bertz CT molecular complexity index is 400. The molecule has 0 heterocycles. The summed E-state index contributed by atoms with van der Waals surface area (Å²) in [5.41, 5.74) is 2.53. The molecule has 1 aromatic carbocycles. The Morgan fingerprint density at radius 2 is 1.94 bits per heavy atom. The van der Waals surface area contributed by atoms with Gasteiger partial charge in [0.2, 0.25) is 0 Å². The average Bonchev–Trinajstić information content (AvgIpc) is 3.13. The molecule has 1 N–H and O–H groups in total. The zero-order chi connectivity index (χ0) is 12.5. The first-order valence-corrected chi connectivity index (χ1v) is 7.58. The highest BCUT2D eigenvalue weighted by atomic mass is 16.3. The predicted octanol–water partition coefficient (Wildman–Crippen LogP) is 4.11. The number of aliphatic hydroxyl groups excluding tert-OH is 1. The van der Waals surface area contributed by atoms with Gasteiger partial charge in [0.15, 0.2) is 0 Å². The minimum absolute atomic E-state index is 0.213. The van der Waals surface area contributed by atoms with Crippen molar-refractivity contribution in [2.24, 2.45) is 17.8 Å². The molecular formula is C17H24O. The van der Waals surface area contributed by atoms with Crippen LogP contribution in [0.5, 0.6) is 0 Å². The highest BCUT2D eigenvalue weighted by Gasteiger charge is 2.54. The number of hydrogen-bond acceptors (Lipinski definition) is 1. The minimum atomic E-state index is -0.213. The van der Waals surface area contributed by atoms with Crippen molar-refractivity contribution >= 4 is 0 Å². The molecule has 1 aromatic rings. The number of benzene rings is 1. The molecule has 0 amide bonds. The van der Waals surface area contributed by atoms with Crippen molar-refractivity contribution < 1.29 is 5.11 Å². The van der Waals surface area contributed by atoms with E-state index in [1.807, 2.05) is 0 Å². The normalized spacial score (nSPS) is 31.8. The molecule has 98 valence electrons. The van der Waals surface area contributed by atoms with Crippen molar-refractivity contribution in [3.05, 3.63) is 35.4 Å². The average molecular weight is 244 g/mol. The minimum Gasteiger partial charge on any atom is -0.388 e. The maximum Gasteiger partial charge on any atom is 0.0823 e. The Kier molecular flexibility index (Phi) is 3.43. The van der Waals surface area contributed by atoms with Gasteiger partial charge in [0.05, 0.1) is 6.10 Å². The molecule has 0 aliphatic heterocycles. The molecule has 3 rings (SSSR count). The van der Waals surface area contributed by atoms with E-state index in [0.29, 0.717) is 5.92 Å². The Hall–Kier alpha value is -0.820. The zero-order valence-electron chi connectivity index (χ0n) is 11.3. The third-order valence-corrected chi connectivity index (χ3v) is 4.92. The van der Waals surface area contributed by atoms with Gasteiger partial charge in [-0.05, 0) is 48.1 Å². The van der Waals surface area contributed by atoms with Gasteiger partial charge in [0.1, 0.15) is 0 Å². The van der Waals surface area contributed by atoms with Crippen LogP contribution in [0.2, 0.25) is 0 Å². The maximum atomic E-state index is 10.6. The third kappa shape index (κ3) is 2.21. The summed E-state index contributed by atoms with van der Waals surface area (Å²) in [7, 11) is 0. The van der Waals surface area contributed by atoms with Crippen LogP contribution < -0.4 is 0 Å². The summed E-state index contributed by atoms with van der Waals surface area (Å²) in [6, 6.07) is 8.61. The number of hydrogen-bond donors (Lipinski definition) is 1. The summed E-state index contributed by atoms with van der Waals surface area (Å²) in [4.78, 5) is 0. The van der Waals surface area contributed by atoms with E-state index in [-0.39, 0.29) is 6.10 Å². The smallest absolute Gasteiger partial charge is 0.0823 e. The lowest BCUT2D eigenvalue weighted by molar-refractivity contribution is 0.142. The Morgan fingerprint density at radius 1 is 1.22 bits per heavy atom. The Labute approximate surface area is 110 Å². The van der Waals surface area contributed by atoms with Crippen LogP contribution in [-0.4, -0.2) is 5.11 Å². The lowest BCUT2D eigenvalue weighted by atomic mass is 9.99. The molecule has 2 aliphatic carbocycles. The van der Waals surface area contributed by atoms with E-state index >= 15 is 0 Å². The predicted molar refractivity (Wildman–Crippen MR) is 74.3 cm³/mol. The quantitative estimate of drug-likeness (QED) is 0.845. The first-order valence-electron chi connectivity index (χ1n) is 7.58. The van der Waals surface area contributed by atoms with Gasteiger partial charge in [-0.3, -0.25) is 0 Å². The fraction of sp³-hybridized carbons (Fsp3) is 0.647. The summed E-state index contributed by atoms with van der Waals surface area (Å²) in [5, 5.41) is 10.6. The van der Waals surface area contributed by atoms with Crippen LogP contribution in [0.4, 0.5) is 0 Å². The molecule has 0 aromatic heterocycles. The van der Waals surface area contributed by atoms with Crippen LogP contribution in [0.3, 0.4) is 0 Å². The van der Waals surface area contributed by atoms with Crippen LogP contribution >= 0.6 is 0 Å². The second-order valence-electron chi connectivity index (χ2n) is 6.13. The monoisotopic (exact) mass is 244 g/mol. The number of fused-ring (bicyclic) bond motifs is 1. The molecular weight excluding hydrogens is 220 g/mol. The van der Waals surface area contributed by atoms with E-state index in [2.05, 4.69) is 31.2 Å². The summed E-state index contributed by atoms with van der Waals surface area (Å²) in [6.45, 7) is 2.21. The van der Waals surface area contributed by atoms with Crippen molar-refractivity contribution in [2.75, 3.05) is 0 Å². The second-order valence-corrected chi connectivity index (χ2v) is 6.13. The zero-order valence-corrected chi connectivity index (χ0v) is 11.3. The molecule has 0 spiro atoms. The molecule has 0 saturated heterocycles. The van der Waals surface area contributed by atoms with Gasteiger partial charge in [-0.2, -0.15) is 0 Å². The van der Waals surface area contributed by atoms with Gasteiger partial charge in [-0.1, -0.05) is 50.5 Å². The standard InChI is InChI=1S/C17H24O/c1-2-6-12-7-5-8-13(11-12)17(18)16-14-9-3-4-10-15(14)16/h5,7-8,11,14-18H,2-4,6,9-10H2,1H3. The van der Waals surface area contributed by atoms with Crippen molar-refractivity contribution in [2.45, 2.75) is 51.6 Å². The van der Waals surface area contributed by atoms with E-state index in [1.165, 1.54) is 37.7 Å². The van der Waals surface area contributed by atoms with E-state index < -0.39 is 0 Å². The first-order chi connectivity index (χ1) is 8.81. The molecule has 2 fully saturated rings. The molecule has 2 aliphatic rings. The summed E-state index contributed by atoms with van der Waals surface area (Å²) >= 11 is 0. The number of aliphatic hydroxyl groups is 1. The molecule has 1 nitrogen and oxygen atoms in total. The lowest BCUT2D eigenvalue weighted by Gasteiger charge is -2.12. The largest absolute Gasteiger partial charge is 0.388 e. The first kappa shape index (κ1) is 12.2. The topological polar surface area (TPSA) is 20.2 Å². The molecule has 0 bridgehead atoms. The van der Waals surface area contributed by atoms with Crippen LogP contribution in [0.1, 0.15) is 56.3 Å². The van der Waals surface area contributed by atoms with Gasteiger partial charge in [0.25, 0.3) is 0 Å². The molecule has 3 atom stereocenters. The second kappa shape index (κ2) is 5.05. The third-order valence-electron chi connectivity index (χ3n) is 4.92. The number of rotatable bonds is 4. The van der Waals surface area contributed by atoms with Crippen LogP contribution in [0.25, 0.3) is 0 Å². The van der Waals surface area contributed by atoms with E-state index in [4.69, 9.17) is 0 Å². The van der Waals surface area contributed by atoms with Gasteiger partial charge in [-0.25, -0.2) is 0 Å². The Balaban J connectivity index is 1.72. The molecule has 18 heavy (non-hydrogen) atoms. The summed E-state index contributed by atoms with van der Waals surface area (Å²) in [6.07, 6.45) is 7.53. The lowest BCUT2D eigenvalue weighted by Crippen LogP contribution is -2.03. The molecule has 2 saturated carbocycles. The SMILES string of the molecule is CCCc1cccc(C(O)C2C3CCCCC32)c1. The van der Waals surface area contributed by atoms with Crippen LogP contribution in [0, 0.1) is 17.8 Å². The molecule has 0 radical (unpaired) electrons. The highest BCUT2D eigenvalue weighted by molar-refractivity contribution is 5.27. The van der Waals surface area contributed by atoms with Gasteiger partial charge >= 0.3 is 0 Å². The van der Waals surface area contributed by atoms with E-state index in [9.17, 15) is 5.11 Å². The number of aryl methyl sites for hydroxylation is 1. The molecule has 3 unspecified atom stereocenters. The van der Waals surface area contributed by atoms with Gasteiger partial charge in [-0.15, -0.1) is 0 Å². The van der Waals surface area contributed by atoms with Gasteiger partial charge < -0.3 is 5.11 Å². The summed E-state index contributed by atoms with van der Waals surface area (Å²) < 4.78 is 0. The molecule has 1 heteroatoms. The fourth-order valence-corrected chi connectivity index (χ4v) is 3.96. The highest BCUT2D eigenvalue weighted by Crippen LogP contribution is 2.60. The fourth-order valence-electron chi connectivity index (χ4n) is 3.96. The van der Waals surface area contributed by atoms with Gasteiger partial charge in [0, 0.05) is 0 Å². The van der Waals surface area contributed by atoms with Crippen molar-refractivity contribution in [1.29, 1.82) is 0 Å². The van der Waals surface area contributed by atoms with Crippen LogP contribution in [-0.2, 0) is 6.42 Å². The van der Waals surface area contributed by atoms with Crippen LogP contribution in [0.15, 0.2) is 24.3 Å². The van der Waals surface area contributed by atoms with Crippen molar-refractivity contribution in [1.82, 2.24) is 0 Å². The van der Waals surface area contributed by atoms with E-state index in [1.54, 1.807) is 0 Å². The maximum absolute atomic E-state index is 10.6. The van der Waals surface area contributed by atoms with E-state index in [0.717, 1.165) is 23.8 Å². The van der Waals surface area contributed by atoms with Crippen molar-refractivity contribution in [3.8, 4) is 0 Å².